The number of hydrogen-bond acceptors (Lipinski definition) is 3. The number of ether oxygens (including phenoxy) is 2. The molecule has 0 aromatic heterocycles. The third-order valence-corrected chi connectivity index (χ3v) is 3.13. The van der Waals surface area contributed by atoms with E-state index in [0.29, 0.717) is 12.5 Å². The van der Waals surface area contributed by atoms with Crippen molar-refractivity contribution in [2.75, 3.05) is 6.61 Å². The van der Waals surface area contributed by atoms with Crippen molar-refractivity contribution in [1.29, 1.82) is 0 Å². The summed E-state index contributed by atoms with van der Waals surface area (Å²) in [5, 5.41) is 2.85. The quantitative estimate of drug-likeness (QED) is 0.612. The zero-order chi connectivity index (χ0) is 14.3. The van der Waals surface area contributed by atoms with Gasteiger partial charge in [0.25, 0.3) is 0 Å². The largest absolute Gasteiger partial charge is 0.444 e. The Morgan fingerprint density at radius 1 is 1.37 bits per heavy atom. The van der Waals surface area contributed by atoms with Crippen LogP contribution in [0.1, 0.15) is 52.9 Å². The van der Waals surface area contributed by atoms with Crippen molar-refractivity contribution in [3.8, 4) is 0 Å². The molecular formula is C15H27NO3. The standard InChI is InChI=1S/C15H27NO3/c1-5-11-18-13(12-9-7-6-8-10-12)16-14(17)19-15(2,3)4/h5,12-13H,1,6-11H2,2-4H3,(H,16,17). The van der Waals surface area contributed by atoms with Crippen molar-refractivity contribution in [3.63, 3.8) is 0 Å². The minimum absolute atomic E-state index is 0.270. The molecule has 0 radical (unpaired) electrons. The molecule has 19 heavy (non-hydrogen) atoms. The van der Waals surface area contributed by atoms with Crippen LogP contribution in [0.3, 0.4) is 0 Å². The van der Waals surface area contributed by atoms with Gasteiger partial charge in [-0.05, 0) is 33.6 Å². The summed E-state index contributed by atoms with van der Waals surface area (Å²) >= 11 is 0. The van der Waals surface area contributed by atoms with Gasteiger partial charge in [-0.3, -0.25) is 5.32 Å². The van der Waals surface area contributed by atoms with Crippen molar-refractivity contribution in [3.05, 3.63) is 12.7 Å². The maximum absolute atomic E-state index is 11.8. The number of nitrogens with one attached hydrogen (secondary N) is 1. The molecule has 0 bridgehead atoms. The van der Waals surface area contributed by atoms with Crippen LogP contribution >= 0.6 is 0 Å². The summed E-state index contributed by atoms with van der Waals surface area (Å²) < 4.78 is 11.0. The van der Waals surface area contributed by atoms with E-state index in [0.717, 1.165) is 12.8 Å². The number of carbonyl (C=O) groups is 1. The first-order valence-corrected chi connectivity index (χ1v) is 7.14. The van der Waals surface area contributed by atoms with Gasteiger partial charge in [0.1, 0.15) is 11.8 Å². The number of hydrogen-bond donors (Lipinski definition) is 1. The van der Waals surface area contributed by atoms with E-state index in [2.05, 4.69) is 11.9 Å². The Hall–Kier alpha value is -1.03. The highest BCUT2D eigenvalue weighted by atomic mass is 16.6. The lowest BCUT2D eigenvalue weighted by Gasteiger charge is -2.31. The van der Waals surface area contributed by atoms with E-state index in [1.165, 1.54) is 19.3 Å². The molecule has 1 atom stereocenters. The summed E-state index contributed by atoms with van der Waals surface area (Å²) in [6, 6.07) is 0. The molecule has 0 saturated heterocycles. The first-order chi connectivity index (χ1) is 8.92. The van der Waals surface area contributed by atoms with Gasteiger partial charge in [0.2, 0.25) is 0 Å². The Balaban J connectivity index is 2.52. The third-order valence-electron chi connectivity index (χ3n) is 3.13. The van der Waals surface area contributed by atoms with Crippen LogP contribution in [0.25, 0.3) is 0 Å². The highest BCUT2D eigenvalue weighted by Crippen LogP contribution is 2.27. The van der Waals surface area contributed by atoms with Crippen molar-refractivity contribution in [2.24, 2.45) is 5.92 Å². The van der Waals surface area contributed by atoms with E-state index in [4.69, 9.17) is 9.47 Å². The zero-order valence-corrected chi connectivity index (χ0v) is 12.4. The van der Waals surface area contributed by atoms with Crippen LogP contribution in [0.5, 0.6) is 0 Å². The smallest absolute Gasteiger partial charge is 0.409 e. The lowest BCUT2D eigenvalue weighted by atomic mass is 9.88. The highest BCUT2D eigenvalue weighted by Gasteiger charge is 2.27. The van der Waals surface area contributed by atoms with Gasteiger partial charge in [0, 0.05) is 5.92 Å². The second kappa shape index (κ2) is 7.53. The molecule has 4 nitrogen and oxygen atoms in total. The zero-order valence-electron chi connectivity index (χ0n) is 12.4. The van der Waals surface area contributed by atoms with E-state index < -0.39 is 11.7 Å². The molecule has 1 aliphatic rings. The van der Waals surface area contributed by atoms with Crippen molar-refractivity contribution in [2.45, 2.75) is 64.7 Å². The van der Waals surface area contributed by atoms with Crippen LogP contribution in [-0.4, -0.2) is 24.5 Å². The van der Waals surface area contributed by atoms with Gasteiger partial charge in [-0.15, -0.1) is 6.58 Å². The molecule has 110 valence electrons. The Morgan fingerprint density at radius 3 is 2.53 bits per heavy atom. The SMILES string of the molecule is C=CCOC(NC(=O)OC(C)(C)C)C1CCCCC1. The molecule has 1 fully saturated rings. The van der Waals surface area contributed by atoms with Crippen LogP contribution in [0.4, 0.5) is 4.79 Å². The van der Waals surface area contributed by atoms with Crippen LogP contribution in [0.15, 0.2) is 12.7 Å². The van der Waals surface area contributed by atoms with Crippen molar-refractivity contribution < 1.29 is 14.3 Å². The molecular weight excluding hydrogens is 242 g/mol. The van der Waals surface area contributed by atoms with E-state index in [9.17, 15) is 4.79 Å². The summed E-state index contributed by atoms with van der Waals surface area (Å²) in [7, 11) is 0. The Bertz CT molecular complexity index is 290. The minimum Gasteiger partial charge on any atom is -0.444 e. The first-order valence-electron chi connectivity index (χ1n) is 7.14. The molecule has 0 aromatic rings. The molecule has 1 aliphatic carbocycles. The van der Waals surface area contributed by atoms with Crippen LogP contribution < -0.4 is 5.32 Å². The highest BCUT2D eigenvalue weighted by molar-refractivity contribution is 5.67. The Morgan fingerprint density at radius 2 is 2.00 bits per heavy atom. The fourth-order valence-electron chi connectivity index (χ4n) is 2.33. The van der Waals surface area contributed by atoms with Gasteiger partial charge >= 0.3 is 6.09 Å². The second-order valence-electron chi connectivity index (χ2n) is 6.09. The predicted molar refractivity (Wildman–Crippen MR) is 75.9 cm³/mol. The molecule has 0 aliphatic heterocycles. The van der Waals surface area contributed by atoms with Gasteiger partial charge in [-0.1, -0.05) is 25.3 Å². The molecule has 1 unspecified atom stereocenters. The fourth-order valence-corrected chi connectivity index (χ4v) is 2.33. The number of rotatable bonds is 5. The van der Waals surface area contributed by atoms with Crippen molar-refractivity contribution in [1.82, 2.24) is 5.32 Å². The van der Waals surface area contributed by atoms with Crippen molar-refractivity contribution >= 4 is 6.09 Å². The van der Waals surface area contributed by atoms with Crippen LogP contribution in [0.2, 0.25) is 0 Å². The fraction of sp³-hybridized carbons (Fsp3) is 0.800. The Labute approximate surface area is 116 Å². The monoisotopic (exact) mass is 269 g/mol. The molecule has 1 amide bonds. The van der Waals surface area contributed by atoms with E-state index >= 15 is 0 Å². The topological polar surface area (TPSA) is 47.6 Å². The van der Waals surface area contributed by atoms with Gasteiger partial charge in [-0.2, -0.15) is 0 Å². The van der Waals surface area contributed by atoms with Gasteiger partial charge in [-0.25, -0.2) is 4.79 Å². The molecule has 4 heteroatoms. The van der Waals surface area contributed by atoms with Gasteiger partial charge in [0.15, 0.2) is 0 Å². The molecule has 0 aromatic carbocycles. The summed E-state index contributed by atoms with van der Waals surface area (Å²) in [5.41, 5.74) is -0.486. The molecule has 1 saturated carbocycles. The third kappa shape index (κ3) is 6.62. The average Bonchev–Trinajstić information content (AvgIpc) is 2.33. The number of amides is 1. The van der Waals surface area contributed by atoms with Gasteiger partial charge in [0.05, 0.1) is 6.61 Å². The lowest BCUT2D eigenvalue weighted by molar-refractivity contribution is -0.0194. The maximum atomic E-state index is 11.8. The Kier molecular flexibility index (Phi) is 6.35. The summed E-state index contributed by atoms with van der Waals surface area (Å²) in [5.74, 6) is 0.376. The normalized spacial score (nSPS) is 18.7. The first kappa shape index (κ1) is 16.0. The van der Waals surface area contributed by atoms with E-state index in [-0.39, 0.29) is 6.23 Å². The number of carbonyl (C=O) groups excluding carboxylic acids is 1. The maximum Gasteiger partial charge on any atom is 0.409 e. The molecule has 0 spiro atoms. The summed E-state index contributed by atoms with van der Waals surface area (Å²) in [6.07, 6.45) is 6.89. The molecule has 1 N–H and O–H groups in total. The lowest BCUT2D eigenvalue weighted by Crippen LogP contribution is -2.45. The van der Waals surface area contributed by atoms with Crippen LogP contribution in [0, 0.1) is 5.92 Å². The average molecular weight is 269 g/mol. The number of alkyl carbamates (subject to hydrolysis) is 1. The second-order valence-corrected chi connectivity index (χ2v) is 6.09. The molecule has 1 rings (SSSR count). The predicted octanol–water partition coefficient (Wildman–Crippen LogP) is 3.62. The summed E-state index contributed by atoms with van der Waals surface area (Å²) in [6.45, 7) is 9.65. The van der Waals surface area contributed by atoms with Crippen LogP contribution in [-0.2, 0) is 9.47 Å². The molecule has 0 heterocycles. The summed E-state index contributed by atoms with van der Waals surface area (Å²) in [4.78, 5) is 11.8. The minimum atomic E-state index is -0.486. The van der Waals surface area contributed by atoms with E-state index in [1.807, 2.05) is 20.8 Å². The van der Waals surface area contributed by atoms with E-state index in [1.54, 1.807) is 6.08 Å². The van der Waals surface area contributed by atoms with Gasteiger partial charge < -0.3 is 9.47 Å².